The average molecular weight is 380 g/mol. The number of carbonyl (C=O) groups excluding carboxylic acids is 1. The molecule has 0 N–H and O–H groups in total. The molecule has 1 amide bonds. The van der Waals surface area contributed by atoms with Gasteiger partial charge in [0, 0.05) is 5.02 Å². The van der Waals surface area contributed by atoms with Crippen molar-refractivity contribution in [2.24, 2.45) is 0 Å². The van der Waals surface area contributed by atoms with Gasteiger partial charge in [-0.2, -0.15) is 0 Å². The lowest BCUT2D eigenvalue weighted by Gasteiger charge is -2.20. The van der Waals surface area contributed by atoms with E-state index in [9.17, 15) is 4.79 Å². The zero-order valence-corrected chi connectivity index (χ0v) is 13.4. The number of hydrogen-bond acceptors (Lipinski definition) is 2. The Morgan fingerprint density at radius 3 is 2.39 bits per heavy atom. The number of benzene rings is 1. The lowest BCUT2D eigenvalue weighted by molar-refractivity contribution is 0.0404. The van der Waals surface area contributed by atoms with Gasteiger partial charge < -0.3 is 4.74 Å². The molecule has 1 heterocycles. The number of alkyl halides is 1. The molecule has 0 unspecified atom stereocenters. The minimum absolute atomic E-state index is 0.0951. The van der Waals surface area contributed by atoms with Crippen molar-refractivity contribution in [1.82, 2.24) is 4.90 Å². The predicted octanol–water partition coefficient (Wildman–Crippen LogP) is 4.39. The van der Waals surface area contributed by atoms with Crippen LogP contribution in [0.15, 0.2) is 24.3 Å². The Balaban J connectivity index is 2.06. The van der Waals surface area contributed by atoms with Crippen LogP contribution in [0, 0.1) is 0 Å². The van der Waals surface area contributed by atoms with Crippen molar-refractivity contribution < 1.29 is 9.53 Å². The molecule has 1 fully saturated rings. The summed E-state index contributed by atoms with van der Waals surface area (Å²) in [5.41, 5.74) is 0.630. The summed E-state index contributed by atoms with van der Waals surface area (Å²) in [5, 5.41) is 0.702. The number of rotatable bonds is 1. The number of amides is 1. The lowest BCUT2D eigenvalue weighted by Crippen LogP contribution is -2.27. The molecule has 1 aromatic rings. The number of hydrogen-bond donors (Lipinski definition) is 0. The molecule has 0 aliphatic carbocycles. The van der Waals surface area contributed by atoms with Crippen molar-refractivity contribution >= 4 is 40.3 Å². The highest BCUT2D eigenvalue weighted by Gasteiger charge is 2.51. The number of carbonyl (C=O) groups is 1. The van der Waals surface area contributed by atoms with Gasteiger partial charge in [0.15, 0.2) is 0 Å². The Morgan fingerprint density at radius 1 is 1.33 bits per heavy atom. The number of nitrogens with zero attached hydrogens (tertiary/aromatic N) is 1. The van der Waals surface area contributed by atoms with Crippen molar-refractivity contribution in [3.8, 4) is 0 Å². The zero-order chi connectivity index (χ0) is 13.5. The van der Waals surface area contributed by atoms with Crippen molar-refractivity contribution in [1.29, 1.82) is 0 Å². The van der Waals surface area contributed by atoms with Crippen LogP contribution < -0.4 is 0 Å². The molecule has 0 bridgehead atoms. The van der Waals surface area contributed by atoms with Crippen LogP contribution in [0.2, 0.25) is 5.02 Å². The Morgan fingerprint density at radius 2 is 1.89 bits per heavy atom. The highest BCUT2D eigenvalue weighted by Crippen LogP contribution is 2.48. The molecule has 0 radical (unpaired) electrons. The molecule has 18 heavy (non-hydrogen) atoms. The normalized spacial score (nSPS) is 22.8. The van der Waals surface area contributed by atoms with E-state index < -0.39 is 5.60 Å². The first-order valence-electron chi connectivity index (χ1n) is 5.70. The van der Waals surface area contributed by atoms with E-state index in [1.165, 1.54) is 0 Å². The number of ether oxygens (including phenoxy) is 1. The molecule has 98 valence electrons. The molecule has 1 aromatic carbocycles. The zero-order valence-electron chi connectivity index (χ0n) is 10.5. The van der Waals surface area contributed by atoms with Crippen LogP contribution in [-0.2, 0) is 4.74 Å². The molecular formula is C13H15ClINO2. The fourth-order valence-electron chi connectivity index (χ4n) is 1.71. The van der Waals surface area contributed by atoms with Crippen molar-refractivity contribution in [3.05, 3.63) is 34.9 Å². The molecule has 1 aliphatic rings. The second-order valence-electron chi connectivity index (χ2n) is 5.26. The van der Waals surface area contributed by atoms with E-state index in [0.29, 0.717) is 5.02 Å². The fourth-order valence-corrected chi connectivity index (χ4v) is 2.99. The van der Waals surface area contributed by atoms with E-state index in [0.717, 1.165) is 5.56 Å². The van der Waals surface area contributed by atoms with Crippen LogP contribution in [0.3, 0.4) is 0 Å². The highest BCUT2D eigenvalue weighted by molar-refractivity contribution is 14.1. The van der Waals surface area contributed by atoms with Gasteiger partial charge in [-0.1, -0.05) is 46.3 Å². The lowest BCUT2D eigenvalue weighted by atomic mass is 10.2. The summed E-state index contributed by atoms with van der Waals surface area (Å²) in [6, 6.07) is 7.67. The quantitative estimate of drug-likeness (QED) is 0.313. The maximum Gasteiger partial charge on any atom is 0.411 e. The van der Waals surface area contributed by atoms with Gasteiger partial charge in [0.25, 0.3) is 0 Å². The summed E-state index contributed by atoms with van der Waals surface area (Å²) < 4.78 is 5.52. The van der Waals surface area contributed by atoms with Crippen LogP contribution in [0.4, 0.5) is 4.79 Å². The second kappa shape index (κ2) is 4.89. The molecular weight excluding hydrogens is 365 g/mol. The van der Waals surface area contributed by atoms with Crippen molar-refractivity contribution in [2.75, 3.05) is 0 Å². The first kappa shape index (κ1) is 13.9. The summed E-state index contributed by atoms with van der Waals surface area (Å²) in [4.78, 5) is 13.7. The summed E-state index contributed by atoms with van der Waals surface area (Å²) in [7, 11) is 0. The molecule has 5 heteroatoms. The van der Waals surface area contributed by atoms with E-state index in [-0.39, 0.29) is 16.2 Å². The van der Waals surface area contributed by atoms with Crippen molar-refractivity contribution in [2.45, 2.75) is 36.5 Å². The molecule has 0 aromatic heterocycles. The van der Waals surface area contributed by atoms with Gasteiger partial charge in [-0.05, 0) is 38.5 Å². The van der Waals surface area contributed by atoms with Gasteiger partial charge in [-0.15, -0.1) is 0 Å². The first-order valence-corrected chi connectivity index (χ1v) is 7.33. The van der Waals surface area contributed by atoms with E-state index in [1.807, 2.05) is 45.0 Å². The van der Waals surface area contributed by atoms with Crippen LogP contribution in [0.1, 0.15) is 32.4 Å². The first-order chi connectivity index (χ1) is 8.29. The third kappa shape index (κ3) is 3.09. The largest absolute Gasteiger partial charge is 0.444 e. The van der Waals surface area contributed by atoms with Crippen LogP contribution >= 0.6 is 34.2 Å². The van der Waals surface area contributed by atoms with Gasteiger partial charge in [0.2, 0.25) is 0 Å². The monoisotopic (exact) mass is 379 g/mol. The average Bonchev–Trinajstić information content (AvgIpc) is 2.89. The smallest absolute Gasteiger partial charge is 0.411 e. The molecule has 3 nitrogen and oxygen atoms in total. The third-order valence-electron chi connectivity index (χ3n) is 2.55. The minimum atomic E-state index is -0.458. The Bertz CT molecular complexity index is 455. The highest BCUT2D eigenvalue weighted by atomic mass is 127. The Hall–Kier alpha value is -0.490. The topological polar surface area (TPSA) is 29.3 Å². The van der Waals surface area contributed by atoms with Crippen LogP contribution in [0.5, 0.6) is 0 Å². The summed E-state index contributed by atoms with van der Waals surface area (Å²) >= 11 is 8.10. The molecule has 0 spiro atoms. The molecule has 1 saturated heterocycles. The van der Waals surface area contributed by atoms with Crippen LogP contribution in [-0.4, -0.2) is 20.6 Å². The third-order valence-corrected chi connectivity index (χ3v) is 4.09. The molecule has 0 saturated carbocycles. The SMILES string of the molecule is CC(C)(C)OC(=O)N1[C@H](c2ccc(Cl)cc2)[C@@H]1I. The van der Waals surface area contributed by atoms with Crippen LogP contribution in [0.25, 0.3) is 0 Å². The predicted molar refractivity (Wildman–Crippen MR) is 80.1 cm³/mol. The van der Waals surface area contributed by atoms with E-state index in [2.05, 4.69) is 22.6 Å². The van der Waals surface area contributed by atoms with Gasteiger partial charge in [-0.25, -0.2) is 4.79 Å². The fraction of sp³-hybridized carbons (Fsp3) is 0.462. The maximum absolute atomic E-state index is 12.0. The van der Waals surface area contributed by atoms with Gasteiger partial charge in [-0.3, -0.25) is 4.90 Å². The summed E-state index contributed by atoms with van der Waals surface area (Å²) in [6.45, 7) is 5.61. The van der Waals surface area contributed by atoms with Gasteiger partial charge in [0.05, 0.1) is 6.04 Å². The van der Waals surface area contributed by atoms with Gasteiger partial charge >= 0.3 is 6.09 Å². The number of halogens is 2. The Kier molecular flexibility index (Phi) is 3.78. The molecule has 2 rings (SSSR count). The summed E-state index contributed by atoms with van der Waals surface area (Å²) in [5.74, 6) is 0. The summed E-state index contributed by atoms with van der Waals surface area (Å²) in [6.07, 6.45) is -0.262. The van der Waals surface area contributed by atoms with E-state index in [4.69, 9.17) is 16.3 Å². The van der Waals surface area contributed by atoms with Gasteiger partial charge in [0.1, 0.15) is 9.65 Å². The standard InChI is InChI=1S/C13H15ClINO2/c1-13(2,3)18-12(17)16-10(11(16)15)8-4-6-9(14)7-5-8/h4-7,10-11H,1-3H3/t10-,11-,16?/m1/s1. The second-order valence-corrected chi connectivity index (χ2v) is 6.97. The molecule has 1 aliphatic heterocycles. The molecule has 2 atom stereocenters. The Labute approximate surface area is 126 Å². The van der Waals surface area contributed by atoms with Crippen molar-refractivity contribution in [3.63, 3.8) is 0 Å². The minimum Gasteiger partial charge on any atom is -0.444 e. The van der Waals surface area contributed by atoms with E-state index >= 15 is 0 Å². The van der Waals surface area contributed by atoms with E-state index in [1.54, 1.807) is 4.90 Å². The maximum atomic E-state index is 12.0.